The summed E-state index contributed by atoms with van der Waals surface area (Å²) in [4.78, 5) is 2.25. The lowest BCUT2D eigenvalue weighted by Gasteiger charge is -2.12. The van der Waals surface area contributed by atoms with E-state index in [-0.39, 0.29) is 4.90 Å². The van der Waals surface area contributed by atoms with Gasteiger partial charge in [-0.15, -0.1) is 0 Å². The number of aromatic nitrogens is 1. The smallest absolute Gasteiger partial charge is 0.268 e. The number of benzene rings is 2. The van der Waals surface area contributed by atoms with Crippen LogP contribution in [0.1, 0.15) is 5.69 Å². The molecular formula is C19H20Br2N2O3S. The van der Waals surface area contributed by atoms with Crippen molar-refractivity contribution < 1.29 is 13.2 Å². The van der Waals surface area contributed by atoms with Gasteiger partial charge in [0.15, 0.2) is 0 Å². The minimum Gasteiger partial charge on any atom is -0.490 e. The molecule has 0 bridgehead atoms. The molecule has 0 N–H and O–H groups in total. The first-order chi connectivity index (χ1) is 12.7. The number of hydrogen-bond acceptors (Lipinski definition) is 4. The van der Waals surface area contributed by atoms with Crippen LogP contribution in [0.5, 0.6) is 5.75 Å². The van der Waals surface area contributed by atoms with E-state index in [2.05, 4.69) is 31.9 Å². The standard InChI is InChI=1S/C19H20Br2N2O3S/c1-13-19(26-10-9-22(2)3)16-11-14(20)12-17(21)18(16)23(13)27(24,25)15-7-5-4-6-8-15/h4-8,11-12H,9-10H2,1-3H3. The van der Waals surface area contributed by atoms with Crippen LogP contribution in [0.2, 0.25) is 0 Å². The second-order valence-corrected chi connectivity index (χ2v) is 9.99. The van der Waals surface area contributed by atoms with Crippen molar-refractivity contribution in [1.82, 2.24) is 8.87 Å². The van der Waals surface area contributed by atoms with Gasteiger partial charge in [-0.05, 0) is 61.2 Å². The molecule has 8 heteroatoms. The molecular weight excluding hydrogens is 496 g/mol. The number of fused-ring (bicyclic) bond motifs is 1. The van der Waals surface area contributed by atoms with Gasteiger partial charge in [0.2, 0.25) is 0 Å². The van der Waals surface area contributed by atoms with Gasteiger partial charge in [-0.25, -0.2) is 12.4 Å². The van der Waals surface area contributed by atoms with E-state index in [1.165, 1.54) is 3.97 Å². The van der Waals surface area contributed by atoms with Gasteiger partial charge in [0.1, 0.15) is 12.4 Å². The van der Waals surface area contributed by atoms with Crippen molar-refractivity contribution in [2.45, 2.75) is 11.8 Å². The van der Waals surface area contributed by atoms with Gasteiger partial charge >= 0.3 is 0 Å². The Balaban J connectivity index is 2.26. The first-order valence-corrected chi connectivity index (χ1v) is 11.3. The summed E-state index contributed by atoms with van der Waals surface area (Å²) in [7, 11) is 0.158. The fourth-order valence-electron chi connectivity index (χ4n) is 2.91. The topological polar surface area (TPSA) is 51.5 Å². The van der Waals surface area contributed by atoms with Crippen molar-refractivity contribution in [3.8, 4) is 5.75 Å². The Kier molecular flexibility index (Phi) is 6.00. The molecule has 0 aliphatic rings. The predicted octanol–water partition coefficient (Wildman–Crippen LogP) is 4.65. The summed E-state index contributed by atoms with van der Waals surface area (Å²) in [5.74, 6) is 0.577. The summed E-state index contributed by atoms with van der Waals surface area (Å²) in [6.07, 6.45) is 0. The minimum atomic E-state index is -3.77. The van der Waals surface area contributed by atoms with Gasteiger partial charge in [0.25, 0.3) is 10.0 Å². The number of hydrogen-bond donors (Lipinski definition) is 0. The zero-order valence-corrected chi connectivity index (χ0v) is 19.2. The van der Waals surface area contributed by atoms with Crippen molar-refractivity contribution in [2.24, 2.45) is 0 Å². The zero-order valence-electron chi connectivity index (χ0n) is 15.2. The number of rotatable bonds is 6. The third-order valence-corrected chi connectivity index (χ3v) is 7.04. The molecule has 5 nitrogen and oxygen atoms in total. The molecule has 0 saturated heterocycles. The van der Waals surface area contributed by atoms with Gasteiger partial charge in [0.05, 0.1) is 16.1 Å². The molecule has 3 aromatic rings. The van der Waals surface area contributed by atoms with Crippen molar-refractivity contribution in [3.05, 3.63) is 57.1 Å². The van der Waals surface area contributed by atoms with E-state index in [0.29, 0.717) is 28.0 Å². The molecule has 1 aromatic heterocycles. The minimum absolute atomic E-state index is 0.236. The fraction of sp³-hybridized carbons (Fsp3) is 0.263. The first kappa shape index (κ1) is 20.4. The average molecular weight is 516 g/mol. The maximum absolute atomic E-state index is 13.4. The zero-order chi connectivity index (χ0) is 19.8. The fourth-order valence-corrected chi connectivity index (χ4v) is 6.02. The van der Waals surface area contributed by atoms with Crippen LogP contribution >= 0.6 is 31.9 Å². The van der Waals surface area contributed by atoms with Crippen LogP contribution in [0.4, 0.5) is 0 Å². The van der Waals surface area contributed by atoms with Gasteiger partial charge in [-0.3, -0.25) is 0 Å². The van der Waals surface area contributed by atoms with Crippen LogP contribution in [0, 0.1) is 6.92 Å². The lowest BCUT2D eigenvalue weighted by Crippen LogP contribution is -2.20. The normalized spacial score (nSPS) is 12.1. The molecule has 0 aliphatic heterocycles. The number of ether oxygens (including phenoxy) is 1. The Labute approximate surface area is 176 Å². The maximum atomic E-state index is 13.4. The predicted molar refractivity (Wildman–Crippen MR) is 115 cm³/mol. The van der Waals surface area contributed by atoms with Crippen LogP contribution in [-0.2, 0) is 10.0 Å². The van der Waals surface area contributed by atoms with Crippen LogP contribution < -0.4 is 4.74 Å². The molecule has 1 heterocycles. The molecule has 3 rings (SSSR count). The number of likely N-dealkylation sites (N-methyl/N-ethyl adjacent to an activating group) is 1. The lowest BCUT2D eigenvalue weighted by molar-refractivity contribution is 0.262. The van der Waals surface area contributed by atoms with Gasteiger partial charge in [0, 0.05) is 20.9 Å². The molecule has 0 atom stereocenters. The Morgan fingerprint density at radius 3 is 2.41 bits per heavy atom. The van der Waals surface area contributed by atoms with E-state index >= 15 is 0 Å². The highest BCUT2D eigenvalue weighted by molar-refractivity contribution is 9.11. The van der Waals surface area contributed by atoms with E-state index in [9.17, 15) is 8.42 Å². The van der Waals surface area contributed by atoms with Gasteiger partial charge < -0.3 is 9.64 Å². The third kappa shape index (κ3) is 3.94. The molecule has 0 saturated carbocycles. The van der Waals surface area contributed by atoms with Crippen LogP contribution in [-0.4, -0.2) is 44.5 Å². The molecule has 0 radical (unpaired) electrons. The quantitative estimate of drug-likeness (QED) is 0.479. The summed E-state index contributed by atoms with van der Waals surface area (Å²) in [5, 5.41) is 0.743. The third-order valence-electron chi connectivity index (χ3n) is 4.18. The van der Waals surface area contributed by atoms with E-state index < -0.39 is 10.0 Å². The van der Waals surface area contributed by atoms with Crippen LogP contribution in [0.25, 0.3) is 10.9 Å². The molecule has 0 fully saturated rings. The molecule has 0 unspecified atom stereocenters. The highest BCUT2D eigenvalue weighted by atomic mass is 79.9. The Morgan fingerprint density at radius 1 is 1.11 bits per heavy atom. The van der Waals surface area contributed by atoms with Crippen molar-refractivity contribution in [2.75, 3.05) is 27.2 Å². The Hall–Kier alpha value is -1.35. The van der Waals surface area contributed by atoms with Crippen molar-refractivity contribution in [3.63, 3.8) is 0 Å². The van der Waals surface area contributed by atoms with E-state index in [0.717, 1.165) is 16.4 Å². The highest BCUT2D eigenvalue weighted by Crippen LogP contribution is 2.40. The molecule has 0 aliphatic carbocycles. The number of nitrogens with zero attached hydrogens (tertiary/aromatic N) is 2. The summed E-state index contributed by atoms with van der Waals surface area (Å²) in [5.41, 5.74) is 1.12. The summed E-state index contributed by atoms with van der Waals surface area (Å²) < 4.78 is 35.6. The van der Waals surface area contributed by atoms with Crippen molar-refractivity contribution >= 4 is 52.8 Å². The molecule has 144 valence electrons. The second-order valence-electron chi connectivity index (χ2n) is 6.43. The molecule has 27 heavy (non-hydrogen) atoms. The largest absolute Gasteiger partial charge is 0.490 e. The summed E-state index contributed by atoms with van der Waals surface area (Å²) >= 11 is 7.01. The van der Waals surface area contributed by atoms with E-state index in [1.54, 1.807) is 37.3 Å². The van der Waals surface area contributed by atoms with Crippen LogP contribution in [0.3, 0.4) is 0 Å². The average Bonchev–Trinajstić information content (AvgIpc) is 2.88. The van der Waals surface area contributed by atoms with E-state index in [1.807, 2.05) is 31.1 Å². The van der Waals surface area contributed by atoms with Gasteiger partial charge in [-0.2, -0.15) is 0 Å². The SMILES string of the molecule is Cc1c(OCCN(C)C)c2cc(Br)cc(Br)c2n1S(=O)(=O)c1ccccc1. The number of halogens is 2. The monoisotopic (exact) mass is 514 g/mol. The molecule has 0 amide bonds. The Morgan fingerprint density at radius 2 is 1.78 bits per heavy atom. The van der Waals surface area contributed by atoms with E-state index in [4.69, 9.17) is 4.74 Å². The Bertz CT molecular complexity index is 1080. The second kappa shape index (κ2) is 7.95. The highest BCUT2D eigenvalue weighted by Gasteiger charge is 2.27. The van der Waals surface area contributed by atoms with Crippen molar-refractivity contribution in [1.29, 1.82) is 0 Å². The first-order valence-electron chi connectivity index (χ1n) is 8.31. The molecule has 0 spiro atoms. The van der Waals surface area contributed by atoms with Crippen LogP contribution in [0.15, 0.2) is 56.3 Å². The van der Waals surface area contributed by atoms with Gasteiger partial charge in [-0.1, -0.05) is 34.1 Å². The molecule has 2 aromatic carbocycles. The summed E-state index contributed by atoms with van der Waals surface area (Å²) in [6.45, 7) is 2.96. The summed E-state index contributed by atoms with van der Waals surface area (Å²) in [6, 6.07) is 12.1. The maximum Gasteiger partial charge on any atom is 0.268 e. The lowest BCUT2D eigenvalue weighted by atomic mass is 10.2.